The van der Waals surface area contributed by atoms with Crippen molar-refractivity contribution in [3.63, 3.8) is 0 Å². The average Bonchev–Trinajstić information content (AvgIpc) is 3.24. The van der Waals surface area contributed by atoms with Gasteiger partial charge in [0, 0.05) is 5.92 Å². The third-order valence-electron chi connectivity index (χ3n) is 5.75. The molecule has 0 fully saturated rings. The van der Waals surface area contributed by atoms with Crippen LogP contribution in [0, 0.1) is 5.41 Å². The van der Waals surface area contributed by atoms with Gasteiger partial charge in [-0.3, -0.25) is 4.79 Å². The number of carbonyl (C=O) groups excluding carboxylic acids is 1. The number of halogens is 1. The molecule has 3 aromatic rings. The van der Waals surface area contributed by atoms with Crippen LogP contribution < -0.4 is 0 Å². The van der Waals surface area contributed by atoms with Crippen molar-refractivity contribution in [3.8, 4) is 0 Å². The minimum absolute atomic E-state index is 0.248. The summed E-state index contributed by atoms with van der Waals surface area (Å²) in [4.78, 5) is 12.7. The van der Waals surface area contributed by atoms with Gasteiger partial charge in [-0.2, -0.15) is 2.90 Å². The zero-order valence-corrected chi connectivity index (χ0v) is 18.2. The molecular formula is C21H22IN3O3. The van der Waals surface area contributed by atoms with Gasteiger partial charge in [-0.15, -0.1) is 5.10 Å². The Bertz CT molecular complexity index is 1060. The molecule has 1 aliphatic carbocycles. The monoisotopic (exact) mass is 491 g/mol. The lowest BCUT2D eigenvalue weighted by atomic mass is 9.70. The van der Waals surface area contributed by atoms with E-state index in [1.165, 1.54) is 12.7 Å². The highest BCUT2D eigenvalue weighted by Crippen LogP contribution is 2.44. The molecule has 1 aromatic heterocycles. The highest BCUT2D eigenvalue weighted by Gasteiger charge is 2.40. The molecule has 2 aromatic carbocycles. The topological polar surface area (TPSA) is 77.2 Å². The van der Waals surface area contributed by atoms with Crippen molar-refractivity contribution in [2.24, 2.45) is 5.41 Å². The second-order valence-electron chi connectivity index (χ2n) is 7.86. The quantitative estimate of drug-likeness (QED) is 0.442. The smallest absolute Gasteiger partial charge is 0.312 e. The Balaban J connectivity index is 1.89. The molecule has 0 radical (unpaired) electrons. The number of hydrogen-bond donors (Lipinski definition) is 1. The number of nitrogens with zero attached hydrogens (tertiary/aromatic N) is 3. The first kappa shape index (κ1) is 19.3. The van der Waals surface area contributed by atoms with Crippen molar-refractivity contribution in [1.29, 1.82) is 0 Å². The fraction of sp³-hybridized carbons (Fsp3) is 0.381. The Morgan fingerprint density at radius 1 is 1.29 bits per heavy atom. The van der Waals surface area contributed by atoms with E-state index in [4.69, 9.17) is 4.74 Å². The summed E-state index contributed by atoms with van der Waals surface area (Å²) >= 11 is 2.09. The van der Waals surface area contributed by atoms with Gasteiger partial charge in [-0.1, -0.05) is 29.5 Å². The van der Waals surface area contributed by atoms with Crippen molar-refractivity contribution >= 4 is 39.9 Å². The molecule has 4 rings (SSSR count). The molecule has 7 heteroatoms. The van der Waals surface area contributed by atoms with Gasteiger partial charge < -0.3 is 9.84 Å². The Morgan fingerprint density at radius 2 is 2.00 bits per heavy atom. The summed E-state index contributed by atoms with van der Waals surface area (Å²) < 4.78 is 6.82. The van der Waals surface area contributed by atoms with E-state index < -0.39 is 11.5 Å². The van der Waals surface area contributed by atoms with E-state index in [-0.39, 0.29) is 11.9 Å². The van der Waals surface area contributed by atoms with Crippen LogP contribution in [-0.2, 0) is 16.0 Å². The number of fused-ring (bicyclic) bond motifs is 2. The number of rotatable bonds is 4. The second kappa shape index (κ2) is 7.11. The van der Waals surface area contributed by atoms with Crippen LogP contribution >= 0.6 is 22.9 Å². The lowest BCUT2D eigenvalue weighted by Crippen LogP contribution is -2.33. The Kier molecular flexibility index (Phi) is 4.91. The fourth-order valence-electron chi connectivity index (χ4n) is 4.28. The number of aryl methyl sites for hydroxylation is 1. The predicted molar refractivity (Wildman–Crippen MR) is 114 cm³/mol. The molecule has 0 amide bonds. The first-order valence-corrected chi connectivity index (χ1v) is 10.2. The Hall–Kier alpha value is -2.00. The number of esters is 1. The molecule has 0 saturated carbocycles. The third-order valence-corrected chi connectivity index (χ3v) is 6.46. The van der Waals surface area contributed by atoms with Crippen LogP contribution in [0.4, 0.5) is 0 Å². The van der Waals surface area contributed by atoms with Crippen LogP contribution in [-0.4, -0.2) is 31.4 Å². The van der Waals surface area contributed by atoms with E-state index in [1.54, 1.807) is 2.90 Å². The van der Waals surface area contributed by atoms with E-state index in [0.717, 1.165) is 40.6 Å². The zero-order valence-electron chi connectivity index (χ0n) is 16.0. The molecule has 0 spiro atoms. The molecule has 0 saturated heterocycles. The summed E-state index contributed by atoms with van der Waals surface area (Å²) in [5.41, 5.74) is 4.97. The maximum atomic E-state index is 12.7. The fourth-order valence-corrected chi connectivity index (χ4v) is 4.78. The second-order valence-corrected chi connectivity index (χ2v) is 8.77. The molecule has 1 aliphatic rings. The lowest BCUT2D eigenvalue weighted by molar-refractivity contribution is -0.151. The Morgan fingerprint density at radius 3 is 2.75 bits per heavy atom. The van der Waals surface area contributed by atoms with Crippen LogP contribution in [0.5, 0.6) is 0 Å². The number of benzene rings is 2. The molecule has 6 nitrogen and oxygen atoms in total. The average molecular weight is 491 g/mol. The number of carbonyl (C=O) groups is 1. The molecule has 0 aliphatic heterocycles. The molecule has 1 N–H and O–H groups in total. The summed E-state index contributed by atoms with van der Waals surface area (Å²) in [6.45, 7) is 3.79. The summed E-state index contributed by atoms with van der Waals surface area (Å²) in [6, 6.07) is 12.1. The van der Waals surface area contributed by atoms with Gasteiger partial charge in [-0.25, -0.2) is 0 Å². The maximum Gasteiger partial charge on any atom is 0.312 e. The number of ether oxygens (including phenoxy) is 1. The van der Waals surface area contributed by atoms with Crippen molar-refractivity contribution in [2.45, 2.75) is 38.7 Å². The van der Waals surface area contributed by atoms with Gasteiger partial charge in [0.15, 0.2) is 0 Å². The van der Waals surface area contributed by atoms with Gasteiger partial charge in [0.05, 0.1) is 41.5 Å². The van der Waals surface area contributed by atoms with E-state index in [9.17, 15) is 9.90 Å². The first-order valence-electron chi connectivity index (χ1n) is 9.23. The lowest BCUT2D eigenvalue weighted by Gasteiger charge is -2.33. The van der Waals surface area contributed by atoms with E-state index in [1.807, 2.05) is 38.1 Å². The standard InChI is InChI=1S/C21H22IN3O3/c1-21(2,20(27)28-3)19(13-5-4-12-7-9-18(26)15(12)10-13)14-6-8-17-16(11-14)23-24-25(17)22/h4-6,8,10-11,18-19,26H,7,9H2,1-3H3/t18?,19-/m0/s1. The van der Waals surface area contributed by atoms with Gasteiger partial charge in [0.1, 0.15) is 11.0 Å². The predicted octanol–water partition coefficient (Wildman–Crippen LogP) is 3.94. The summed E-state index contributed by atoms with van der Waals surface area (Å²) in [5.74, 6) is -0.530. The molecule has 0 bridgehead atoms. The minimum Gasteiger partial charge on any atom is -0.469 e. The SMILES string of the molecule is COC(=O)C(C)(C)[C@@H](c1ccc2c(c1)C(O)CC2)c1ccc2c(c1)nnn2I. The number of hydrogen-bond acceptors (Lipinski definition) is 5. The van der Waals surface area contributed by atoms with Crippen molar-refractivity contribution in [3.05, 3.63) is 58.7 Å². The van der Waals surface area contributed by atoms with Gasteiger partial charge in [-0.05, 0) is 61.1 Å². The summed E-state index contributed by atoms with van der Waals surface area (Å²) in [6.07, 6.45) is 1.18. The number of methoxy groups -OCH3 is 1. The van der Waals surface area contributed by atoms with Crippen LogP contribution in [0.15, 0.2) is 36.4 Å². The van der Waals surface area contributed by atoms with E-state index >= 15 is 0 Å². The third kappa shape index (κ3) is 3.10. The summed E-state index contributed by atoms with van der Waals surface area (Å²) in [7, 11) is 1.42. The van der Waals surface area contributed by atoms with Gasteiger partial charge >= 0.3 is 5.97 Å². The number of aliphatic hydroxyl groups is 1. The normalized spacial score (nSPS) is 17.5. The maximum absolute atomic E-state index is 12.7. The molecule has 1 unspecified atom stereocenters. The van der Waals surface area contributed by atoms with Crippen molar-refractivity contribution in [2.75, 3.05) is 7.11 Å². The summed E-state index contributed by atoms with van der Waals surface area (Å²) in [5, 5.41) is 18.6. The number of aromatic nitrogens is 3. The molecular weight excluding hydrogens is 469 g/mol. The van der Waals surface area contributed by atoms with Crippen molar-refractivity contribution in [1.82, 2.24) is 13.2 Å². The number of aliphatic hydroxyl groups excluding tert-OH is 1. The van der Waals surface area contributed by atoms with E-state index in [2.05, 4.69) is 45.3 Å². The van der Waals surface area contributed by atoms with Gasteiger partial charge in [0.25, 0.3) is 0 Å². The van der Waals surface area contributed by atoms with E-state index in [0.29, 0.717) is 0 Å². The molecule has 1 heterocycles. The highest BCUT2D eigenvalue weighted by atomic mass is 127. The zero-order chi connectivity index (χ0) is 20.1. The molecule has 146 valence electrons. The van der Waals surface area contributed by atoms with Crippen LogP contribution in [0.25, 0.3) is 11.0 Å². The van der Waals surface area contributed by atoms with Gasteiger partial charge in [0.2, 0.25) is 0 Å². The molecule has 28 heavy (non-hydrogen) atoms. The van der Waals surface area contributed by atoms with Crippen LogP contribution in [0.3, 0.4) is 0 Å². The van der Waals surface area contributed by atoms with Crippen LogP contribution in [0.1, 0.15) is 54.5 Å². The largest absolute Gasteiger partial charge is 0.469 e. The van der Waals surface area contributed by atoms with Crippen molar-refractivity contribution < 1.29 is 14.6 Å². The molecule has 2 atom stereocenters. The first-order chi connectivity index (χ1) is 13.3. The minimum atomic E-state index is -0.805. The highest BCUT2D eigenvalue weighted by molar-refractivity contribution is 14.1. The van der Waals surface area contributed by atoms with Crippen LogP contribution in [0.2, 0.25) is 0 Å². The Labute approximate surface area is 177 Å².